The summed E-state index contributed by atoms with van der Waals surface area (Å²) in [6, 6.07) is 26.2. The van der Waals surface area contributed by atoms with E-state index < -0.39 is 0 Å². The summed E-state index contributed by atoms with van der Waals surface area (Å²) in [5, 5.41) is 5.48. The van der Waals surface area contributed by atoms with Gasteiger partial charge in [0.15, 0.2) is 0 Å². The van der Waals surface area contributed by atoms with Crippen LogP contribution in [0, 0.1) is 0 Å². The Morgan fingerprint density at radius 1 is 0.688 bits per heavy atom. The largest absolute Gasteiger partial charge is 1.00 e. The molecule has 0 aliphatic rings. The minimum absolute atomic E-state index is 0. The van der Waals surface area contributed by atoms with Crippen molar-refractivity contribution in [1.29, 1.82) is 0 Å². The summed E-state index contributed by atoms with van der Waals surface area (Å²) in [7, 11) is 0. The predicted molar refractivity (Wildman–Crippen MR) is 133 cm³/mol. The molecule has 0 aliphatic heterocycles. The Balaban J connectivity index is 0.000000739. The van der Waals surface area contributed by atoms with Gasteiger partial charge >= 0.3 is 41.3 Å². The molecular formula is C29H36F2Zr-2. The second-order valence-corrected chi connectivity index (χ2v) is 12.7. The number of hydrogen-bond donors (Lipinski definition) is 0. The van der Waals surface area contributed by atoms with E-state index in [2.05, 4.69) is 97.9 Å². The molecular weight excluding hydrogens is 478 g/mol. The van der Waals surface area contributed by atoms with Crippen molar-refractivity contribution in [2.75, 3.05) is 0 Å². The normalized spacial score (nSPS) is 10.8. The molecule has 0 radical (unpaired) electrons. The number of hydrogen-bond acceptors (Lipinski definition) is 0. The van der Waals surface area contributed by atoms with Crippen LogP contribution in [0.4, 0.5) is 0 Å². The van der Waals surface area contributed by atoms with Crippen LogP contribution in [-0.4, -0.2) is 3.21 Å². The maximum absolute atomic E-state index is 2.35. The zero-order valence-electron chi connectivity index (χ0n) is 20.7. The van der Waals surface area contributed by atoms with Gasteiger partial charge in [0.1, 0.15) is 0 Å². The third-order valence-corrected chi connectivity index (χ3v) is 4.99. The fraction of sp³-hybridized carbons (Fsp3) is 0.345. The third kappa shape index (κ3) is 8.66. The average molecular weight is 514 g/mol. The number of rotatable bonds is 0. The van der Waals surface area contributed by atoms with Crippen molar-refractivity contribution in [1.82, 2.24) is 0 Å². The molecule has 0 spiro atoms. The molecule has 0 aromatic heterocycles. The van der Waals surface area contributed by atoms with Crippen LogP contribution in [0.3, 0.4) is 0 Å². The minimum atomic E-state index is 0. The van der Waals surface area contributed by atoms with Crippen molar-refractivity contribution < 1.29 is 33.6 Å². The van der Waals surface area contributed by atoms with E-state index in [1.54, 1.807) is 24.2 Å². The van der Waals surface area contributed by atoms with Gasteiger partial charge in [0.2, 0.25) is 0 Å². The first-order chi connectivity index (χ1) is 13.9. The fourth-order valence-electron chi connectivity index (χ4n) is 3.28. The van der Waals surface area contributed by atoms with Gasteiger partial charge in [0.05, 0.1) is 0 Å². The van der Waals surface area contributed by atoms with Crippen molar-refractivity contribution >= 4 is 24.8 Å². The van der Waals surface area contributed by atoms with Gasteiger partial charge in [-0.1, -0.05) is 76.9 Å². The van der Waals surface area contributed by atoms with Crippen molar-refractivity contribution in [3.8, 4) is 0 Å². The molecule has 172 valence electrons. The van der Waals surface area contributed by atoms with Gasteiger partial charge in [0.25, 0.3) is 0 Å². The average Bonchev–Trinajstić information content (AvgIpc) is 3.30. The van der Waals surface area contributed by atoms with Gasteiger partial charge in [-0.05, 0) is 10.8 Å². The second-order valence-electron chi connectivity index (χ2n) is 10.2. The molecule has 4 rings (SSSR count). The topological polar surface area (TPSA) is 0 Å². The van der Waals surface area contributed by atoms with Crippen LogP contribution in [-0.2, 0) is 35.1 Å². The van der Waals surface area contributed by atoms with Crippen molar-refractivity contribution in [3.05, 3.63) is 83.9 Å². The zero-order valence-corrected chi connectivity index (χ0v) is 23.1. The summed E-state index contributed by atoms with van der Waals surface area (Å²) in [6.07, 6.45) is 0. The third-order valence-electron chi connectivity index (χ3n) is 4.99. The molecule has 0 bridgehead atoms. The van der Waals surface area contributed by atoms with E-state index in [4.69, 9.17) is 0 Å². The van der Waals surface area contributed by atoms with Crippen LogP contribution in [0.2, 0.25) is 0 Å². The molecule has 0 unspecified atom stereocenters. The van der Waals surface area contributed by atoms with E-state index in [-0.39, 0.29) is 20.2 Å². The Hall–Kier alpha value is -1.73. The molecule has 0 aliphatic carbocycles. The molecule has 0 saturated carbocycles. The number of fused-ring (bicyclic) bond motifs is 3. The van der Waals surface area contributed by atoms with Gasteiger partial charge in [0, 0.05) is 0 Å². The summed E-state index contributed by atoms with van der Waals surface area (Å²) in [5.74, 6) is 0. The van der Waals surface area contributed by atoms with Crippen molar-refractivity contribution in [2.24, 2.45) is 0 Å². The Labute approximate surface area is 207 Å². The molecule has 0 amide bonds. The van der Waals surface area contributed by atoms with E-state index in [0.29, 0.717) is 0 Å². The molecule has 0 saturated heterocycles. The summed E-state index contributed by atoms with van der Waals surface area (Å²) in [6.45, 7) is 17.9. The quantitative estimate of drug-likeness (QED) is 0.317. The smallest absolute Gasteiger partial charge is 0.172 e. The molecule has 0 nitrogen and oxygen atoms in total. The van der Waals surface area contributed by atoms with Crippen LogP contribution < -0.4 is 9.41 Å². The van der Waals surface area contributed by atoms with Gasteiger partial charge in [-0.2, -0.15) is 18.2 Å². The maximum Gasteiger partial charge on any atom is -0.172 e. The minimum Gasteiger partial charge on any atom is -1.00 e. The first kappa shape index (κ1) is 30.3. The van der Waals surface area contributed by atoms with Crippen LogP contribution >= 0.6 is 0 Å². The molecule has 4 aromatic carbocycles. The van der Waals surface area contributed by atoms with E-state index in [1.165, 1.54) is 35.9 Å². The Morgan fingerprint density at radius 3 is 1.28 bits per heavy atom. The van der Waals surface area contributed by atoms with Crippen LogP contribution in [0.1, 0.15) is 66.5 Å². The SMILES string of the molecule is CC(C)(C)c1ccc2c(c1)[cH-]c1cc(C(C)(C)C)ccc12.C[C](C)=[Zr+2].[F-].[F-].c1cc[cH-]c1. The van der Waals surface area contributed by atoms with Crippen molar-refractivity contribution in [3.63, 3.8) is 0 Å². The molecule has 4 aromatic rings. The second kappa shape index (κ2) is 12.5. The summed E-state index contributed by atoms with van der Waals surface area (Å²) >= 11 is 1.55. The standard InChI is InChI=1S/C21H25.C5H5.C3H6.2FH.Zr/c1-20(2,3)16-7-9-18-14(12-16)11-15-13-17(21(4,5)6)8-10-19(15)18;1-2-4-5-3-1;1-3-2;;;/h7-13H,1-6H3;1-5H;1-2H3;2*1H;/q2*-1;;;;+2/p-2. The molecule has 0 N–H and O–H groups in total. The molecule has 3 heteroatoms. The van der Waals surface area contributed by atoms with Crippen LogP contribution in [0.15, 0.2) is 72.8 Å². The van der Waals surface area contributed by atoms with E-state index in [9.17, 15) is 0 Å². The zero-order chi connectivity index (χ0) is 22.5. The molecule has 32 heavy (non-hydrogen) atoms. The fourth-order valence-corrected chi connectivity index (χ4v) is 3.28. The van der Waals surface area contributed by atoms with E-state index >= 15 is 0 Å². The Bertz CT molecular complexity index is 999. The molecule has 0 heterocycles. The van der Waals surface area contributed by atoms with Gasteiger partial charge in [-0.3, -0.25) is 0 Å². The number of benzene rings is 2. The molecule has 0 atom stereocenters. The Kier molecular flexibility index (Phi) is 11.8. The summed E-state index contributed by atoms with van der Waals surface area (Å²) in [5.41, 5.74) is 3.21. The maximum atomic E-state index is 2.35. The predicted octanol–water partition coefficient (Wildman–Crippen LogP) is 2.47. The first-order valence-electron chi connectivity index (χ1n) is 10.7. The van der Waals surface area contributed by atoms with Crippen molar-refractivity contribution in [2.45, 2.75) is 66.2 Å². The van der Waals surface area contributed by atoms with Crippen LogP contribution in [0.5, 0.6) is 0 Å². The van der Waals surface area contributed by atoms with E-state index in [1.807, 2.05) is 30.3 Å². The van der Waals surface area contributed by atoms with Gasteiger partial charge in [-0.25, -0.2) is 12.1 Å². The van der Waals surface area contributed by atoms with E-state index in [0.717, 1.165) is 0 Å². The first-order valence-corrected chi connectivity index (χ1v) is 11.9. The Morgan fingerprint density at radius 2 is 1.03 bits per heavy atom. The summed E-state index contributed by atoms with van der Waals surface area (Å²) in [4.78, 5) is 0. The monoisotopic (exact) mass is 512 g/mol. The van der Waals surface area contributed by atoms with Crippen LogP contribution in [0.25, 0.3) is 21.5 Å². The summed E-state index contributed by atoms with van der Waals surface area (Å²) < 4.78 is 1.51. The van der Waals surface area contributed by atoms with Gasteiger partial charge < -0.3 is 9.41 Å². The van der Waals surface area contributed by atoms with Gasteiger partial charge in [-0.15, -0.1) is 39.7 Å². The number of halogens is 2. The molecule has 0 fully saturated rings.